The summed E-state index contributed by atoms with van der Waals surface area (Å²) < 4.78 is 47.9. The molecule has 192 valence electrons. The van der Waals surface area contributed by atoms with Crippen molar-refractivity contribution >= 4 is 29.3 Å². The van der Waals surface area contributed by atoms with Gasteiger partial charge in [0.2, 0.25) is 0 Å². The average Bonchev–Trinajstić information content (AvgIpc) is 3.29. The third kappa shape index (κ3) is 5.47. The highest BCUT2D eigenvalue weighted by Gasteiger charge is 2.31. The summed E-state index contributed by atoms with van der Waals surface area (Å²) in [5.41, 5.74) is 1.35. The molecule has 0 amide bonds. The molecule has 4 rings (SSSR count). The first-order chi connectivity index (χ1) is 17.5. The van der Waals surface area contributed by atoms with Crippen LogP contribution < -0.4 is 4.74 Å². The summed E-state index contributed by atoms with van der Waals surface area (Å²) in [4.78, 5) is 19.0. The molecule has 1 aromatic heterocycles. The number of halogens is 4. The minimum atomic E-state index is -1.42. The molecule has 5 nitrogen and oxygen atoms in total. The molecule has 0 bridgehead atoms. The first-order valence-electron chi connectivity index (χ1n) is 11.1. The number of methoxy groups -OCH3 is 1. The minimum absolute atomic E-state index is 0.136. The molecular weight excluding hydrogens is 525 g/mol. The Labute approximate surface area is 220 Å². The number of ether oxygens (including phenoxy) is 1. The van der Waals surface area contributed by atoms with Gasteiger partial charge in [0, 0.05) is 22.3 Å². The van der Waals surface area contributed by atoms with Crippen LogP contribution in [-0.4, -0.2) is 28.2 Å². The number of rotatable bonds is 8. The molecule has 0 radical (unpaired) electrons. The van der Waals surface area contributed by atoms with Crippen molar-refractivity contribution in [2.24, 2.45) is 0 Å². The highest BCUT2D eigenvalue weighted by atomic mass is 35.5. The molecule has 4 aromatic rings. The normalized spacial score (nSPS) is 11.5. The summed E-state index contributed by atoms with van der Waals surface area (Å²) in [6.45, 7) is 3.93. The van der Waals surface area contributed by atoms with Crippen LogP contribution in [-0.2, 0) is 11.2 Å². The number of hydrogen-bond acceptors (Lipinski definition) is 4. The molecule has 0 fully saturated rings. The zero-order valence-electron chi connectivity index (χ0n) is 20.0. The van der Waals surface area contributed by atoms with E-state index in [-0.39, 0.29) is 11.3 Å². The Hall–Kier alpha value is -3.43. The Morgan fingerprint density at radius 1 is 1.08 bits per heavy atom. The van der Waals surface area contributed by atoms with E-state index < -0.39 is 34.4 Å². The molecule has 3 aromatic carbocycles. The van der Waals surface area contributed by atoms with Crippen molar-refractivity contribution in [3.63, 3.8) is 0 Å². The predicted octanol–water partition coefficient (Wildman–Crippen LogP) is 7.47. The standard InChI is InChI=1S/C27H22ClF3N2O3S/c1-27(2,16-6-9-19(28)22(12-16)36-3)24-23(14-4-7-17(29)8-5-14)32-26(33-24)37-13-18-20(30)10-15(25(34)35)11-21(18)31/h4-12H,13H2,1-3H3,(H,32,33)(H,34,35). The molecular formula is C27H22ClF3N2O3S. The maximum Gasteiger partial charge on any atom is 0.335 e. The van der Waals surface area contributed by atoms with Gasteiger partial charge in [-0.1, -0.05) is 43.3 Å². The molecule has 0 aliphatic rings. The van der Waals surface area contributed by atoms with Crippen molar-refractivity contribution in [3.05, 3.63) is 99.5 Å². The topological polar surface area (TPSA) is 75.2 Å². The fourth-order valence-corrected chi connectivity index (χ4v) is 4.97. The molecule has 0 aliphatic heterocycles. The fourth-order valence-electron chi connectivity index (χ4n) is 3.89. The smallest absolute Gasteiger partial charge is 0.335 e. The van der Waals surface area contributed by atoms with Gasteiger partial charge in [0.1, 0.15) is 23.2 Å². The lowest BCUT2D eigenvalue weighted by Gasteiger charge is -2.26. The summed E-state index contributed by atoms with van der Waals surface area (Å²) in [6, 6.07) is 12.8. The Morgan fingerprint density at radius 3 is 2.32 bits per heavy atom. The molecule has 0 saturated heterocycles. The number of aromatic amines is 1. The number of hydrogen-bond donors (Lipinski definition) is 2. The summed E-state index contributed by atoms with van der Waals surface area (Å²) >= 11 is 7.27. The summed E-state index contributed by atoms with van der Waals surface area (Å²) in [6.07, 6.45) is 0. The van der Waals surface area contributed by atoms with Gasteiger partial charge in [-0.25, -0.2) is 22.9 Å². The van der Waals surface area contributed by atoms with Crippen molar-refractivity contribution in [1.82, 2.24) is 9.97 Å². The van der Waals surface area contributed by atoms with Crippen LogP contribution in [0.15, 0.2) is 59.8 Å². The predicted molar refractivity (Wildman–Crippen MR) is 137 cm³/mol. The van der Waals surface area contributed by atoms with Gasteiger partial charge in [-0.15, -0.1) is 0 Å². The van der Waals surface area contributed by atoms with Crippen LogP contribution in [0.25, 0.3) is 11.3 Å². The van der Waals surface area contributed by atoms with Crippen molar-refractivity contribution in [2.45, 2.75) is 30.2 Å². The molecule has 10 heteroatoms. The van der Waals surface area contributed by atoms with Crippen LogP contribution in [0.1, 0.15) is 41.0 Å². The highest BCUT2D eigenvalue weighted by Crippen LogP contribution is 2.41. The number of aromatic nitrogens is 2. The lowest BCUT2D eigenvalue weighted by molar-refractivity contribution is 0.0695. The number of H-pyrrole nitrogens is 1. The third-order valence-corrected chi connectivity index (χ3v) is 7.25. The average molecular weight is 547 g/mol. The van der Waals surface area contributed by atoms with E-state index >= 15 is 0 Å². The van der Waals surface area contributed by atoms with Gasteiger partial charge in [-0.2, -0.15) is 0 Å². The summed E-state index contributed by atoms with van der Waals surface area (Å²) in [5.74, 6) is -3.36. The zero-order valence-corrected chi connectivity index (χ0v) is 21.6. The van der Waals surface area contributed by atoms with Gasteiger partial charge in [-0.05, 0) is 54.1 Å². The van der Waals surface area contributed by atoms with E-state index in [1.807, 2.05) is 26.0 Å². The number of imidazole rings is 1. The Morgan fingerprint density at radius 2 is 1.73 bits per heavy atom. The van der Waals surface area contributed by atoms with Gasteiger partial charge in [0.25, 0.3) is 0 Å². The first kappa shape index (κ1) is 26.6. The maximum atomic E-state index is 14.5. The monoisotopic (exact) mass is 546 g/mol. The van der Waals surface area contributed by atoms with Gasteiger partial charge in [-0.3, -0.25) is 0 Å². The van der Waals surface area contributed by atoms with E-state index in [1.165, 1.54) is 19.2 Å². The van der Waals surface area contributed by atoms with Crippen LogP contribution in [0.2, 0.25) is 5.02 Å². The van der Waals surface area contributed by atoms with Gasteiger partial charge in [0.05, 0.1) is 29.1 Å². The van der Waals surface area contributed by atoms with E-state index in [0.29, 0.717) is 32.9 Å². The van der Waals surface area contributed by atoms with Crippen molar-refractivity contribution in [3.8, 4) is 17.0 Å². The summed E-state index contributed by atoms with van der Waals surface area (Å²) in [5, 5.41) is 9.85. The number of nitrogens with one attached hydrogen (secondary N) is 1. The lowest BCUT2D eigenvalue weighted by Crippen LogP contribution is -2.20. The molecule has 0 unspecified atom stereocenters. The van der Waals surface area contributed by atoms with Crippen molar-refractivity contribution in [2.75, 3.05) is 7.11 Å². The quantitative estimate of drug-likeness (QED) is 0.224. The third-order valence-electron chi connectivity index (χ3n) is 6.04. The number of aromatic carboxylic acids is 1. The second kappa shape index (κ2) is 10.5. The van der Waals surface area contributed by atoms with Crippen LogP contribution in [0.4, 0.5) is 13.2 Å². The fraction of sp³-hybridized carbons (Fsp3) is 0.185. The second-order valence-corrected chi connectivity index (χ2v) is 10.1. The molecule has 0 saturated carbocycles. The summed E-state index contributed by atoms with van der Waals surface area (Å²) in [7, 11) is 1.52. The van der Waals surface area contributed by atoms with Crippen LogP contribution in [0.3, 0.4) is 0 Å². The molecule has 0 atom stereocenters. The number of benzene rings is 3. The van der Waals surface area contributed by atoms with Crippen molar-refractivity contribution < 1.29 is 27.8 Å². The van der Waals surface area contributed by atoms with E-state index in [2.05, 4.69) is 9.97 Å². The number of carbonyl (C=O) groups is 1. The Kier molecular flexibility index (Phi) is 7.57. The first-order valence-corrected chi connectivity index (χ1v) is 12.4. The second-order valence-electron chi connectivity index (χ2n) is 8.76. The van der Waals surface area contributed by atoms with E-state index in [1.54, 1.807) is 18.2 Å². The molecule has 0 aliphatic carbocycles. The maximum absolute atomic E-state index is 14.5. The minimum Gasteiger partial charge on any atom is -0.495 e. The highest BCUT2D eigenvalue weighted by molar-refractivity contribution is 7.98. The number of thioether (sulfide) groups is 1. The van der Waals surface area contributed by atoms with Gasteiger partial charge >= 0.3 is 5.97 Å². The van der Waals surface area contributed by atoms with E-state index in [4.69, 9.17) is 21.4 Å². The SMILES string of the molecule is COc1cc(C(C)(C)c2[nH]c(SCc3c(F)cc(C(=O)O)cc3F)nc2-c2ccc(F)cc2)ccc1Cl. The molecule has 1 heterocycles. The Balaban J connectivity index is 1.75. The van der Waals surface area contributed by atoms with Crippen LogP contribution in [0, 0.1) is 17.5 Å². The number of nitrogens with zero attached hydrogens (tertiary/aromatic N) is 1. The van der Waals surface area contributed by atoms with E-state index in [9.17, 15) is 18.0 Å². The van der Waals surface area contributed by atoms with Gasteiger partial charge < -0.3 is 14.8 Å². The zero-order chi connectivity index (χ0) is 26.9. The van der Waals surface area contributed by atoms with Crippen molar-refractivity contribution in [1.29, 1.82) is 0 Å². The number of carboxylic acids is 1. The molecule has 0 spiro atoms. The molecule has 37 heavy (non-hydrogen) atoms. The van der Waals surface area contributed by atoms with Crippen LogP contribution in [0.5, 0.6) is 5.75 Å². The number of carboxylic acid groups (broad SMARTS) is 1. The van der Waals surface area contributed by atoms with Crippen LogP contribution >= 0.6 is 23.4 Å². The largest absolute Gasteiger partial charge is 0.495 e. The van der Waals surface area contributed by atoms with Gasteiger partial charge in [0.15, 0.2) is 5.16 Å². The Bertz CT molecular complexity index is 1450. The lowest BCUT2D eigenvalue weighted by atomic mass is 9.79. The van der Waals surface area contributed by atoms with E-state index in [0.717, 1.165) is 29.5 Å². The molecule has 2 N–H and O–H groups in total.